The number of likely N-dealkylation sites (tertiary alicyclic amines) is 1. The Morgan fingerprint density at radius 1 is 1.15 bits per heavy atom. The molecule has 4 heteroatoms. The van der Waals surface area contributed by atoms with Gasteiger partial charge in [0, 0.05) is 31.5 Å². The smallest absolute Gasteiger partial charge is 0.222 e. The van der Waals surface area contributed by atoms with E-state index in [0.717, 1.165) is 25.8 Å². The standard InChI is InChI=1S/C16H20FNO2/c17-14-9-7-13(8-10-14)15(19)5-4-12-18-11-3-1-2-6-16(18)20/h7-10H,1-6,11-12H2. The number of nitrogens with zero attached hydrogens (tertiary/aromatic N) is 1. The van der Waals surface area contributed by atoms with Crippen LogP contribution in [-0.4, -0.2) is 29.7 Å². The van der Waals surface area contributed by atoms with Crippen molar-refractivity contribution in [2.75, 3.05) is 13.1 Å². The molecule has 0 saturated carbocycles. The molecule has 1 aromatic rings. The number of rotatable bonds is 5. The lowest BCUT2D eigenvalue weighted by atomic mass is 10.1. The summed E-state index contributed by atoms with van der Waals surface area (Å²) < 4.78 is 12.8. The van der Waals surface area contributed by atoms with Crippen LogP contribution in [0.3, 0.4) is 0 Å². The van der Waals surface area contributed by atoms with Crippen LogP contribution in [0.1, 0.15) is 48.9 Å². The normalized spacial score (nSPS) is 16.1. The molecule has 0 unspecified atom stereocenters. The molecule has 108 valence electrons. The summed E-state index contributed by atoms with van der Waals surface area (Å²) in [6.45, 7) is 1.45. The van der Waals surface area contributed by atoms with Gasteiger partial charge in [-0.3, -0.25) is 9.59 Å². The second kappa shape index (κ2) is 7.17. The van der Waals surface area contributed by atoms with Gasteiger partial charge < -0.3 is 4.90 Å². The number of hydrogen-bond donors (Lipinski definition) is 0. The molecule has 1 amide bonds. The molecule has 1 saturated heterocycles. The first-order valence-corrected chi connectivity index (χ1v) is 7.23. The molecule has 0 aliphatic carbocycles. The fourth-order valence-electron chi connectivity index (χ4n) is 2.49. The lowest BCUT2D eigenvalue weighted by molar-refractivity contribution is -0.130. The van der Waals surface area contributed by atoms with Crippen LogP contribution in [0.25, 0.3) is 0 Å². The fraction of sp³-hybridized carbons (Fsp3) is 0.500. The van der Waals surface area contributed by atoms with E-state index in [9.17, 15) is 14.0 Å². The summed E-state index contributed by atoms with van der Waals surface area (Å²) in [4.78, 5) is 25.6. The molecule has 0 N–H and O–H groups in total. The number of halogens is 1. The Labute approximate surface area is 118 Å². The Morgan fingerprint density at radius 3 is 2.65 bits per heavy atom. The van der Waals surface area contributed by atoms with Gasteiger partial charge in [0.15, 0.2) is 5.78 Å². The third kappa shape index (κ3) is 4.15. The van der Waals surface area contributed by atoms with Crippen LogP contribution in [0.4, 0.5) is 4.39 Å². The van der Waals surface area contributed by atoms with Crippen molar-refractivity contribution in [3.8, 4) is 0 Å². The highest BCUT2D eigenvalue weighted by Gasteiger charge is 2.16. The van der Waals surface area contributed by atoms with E-state index in [-0.39, 0.29) is 17.5 Å². The molecule has 2 rings (SSSR count). The second-order valence-electron chi connectivity index (χ2n) is 5.23. The van der Waals surface area contributed by atoms with Crippen LogP contribution in [0.2, 0.25) is 0 Å². The Balaban J connectivity index is 1.78. The Hall–Kier alpha value is -1.71. The third-order valence-corrected chi connectivity index (χ3v) is 3.67. The van der Waals surface area contributed by atoms with Crippen LogP contribution in [-0.2, 0) is 4.79 Å². The van der Waals surface area contributed by atoms with Crippen LogP contribution in [0, 0.1) is 5.82 Å². The molecule has 20 heavy (non-hydrogen) atoms. The minimum atomic E-state index is -0.336. The van der Waals surface area contributed by atoms with E-state index in [0.29, 0.717) is 31.4 Å². The molecule has 1 aromatic carbocycles. The summed E-state index contributed by atoms with van der Waals surface area (Å²) in [5, 5.41) is 0. The van der Waals surface area contributed by atoms with Crippen molar-refractivity contribution < 1.29 is 14.0 Å². The minimum absolute atomic E-state index is 0.00673. The van der Waals surface area contributed by atoms with Gasteiger partial charge in [0.05, 0.1) is 0 Å². The van der Waals surface area contributed by atoms with E-state index in [1.165, 1.54) is 24.3 Å². The molecular weight excluding hydrogens is 257 g/mol. The quantitative estimate of drug-likeness (QED) is 0.775. The first-order chi connectivity index (χ1) is 9.66. The highest BCUT2D eigenvalue weighted by atomic mass is 19.1. The van der Waals surface area contributed by atoms with Crippen molar-refractivity contribution >= 4 is 11.7 Å². The monoisotopic (exact) mass is 277 g/mol. The summed E-state index contributed by atoms with van der Waals surface area (Å²) in [6.07, 6.45) is 4.83. The number of Topliss-reactive ketones (excluding diaryl/α,β-unsaturated/α-hetero) is 1. The van der Waals surface area contributed by atoms with Gasteiger partial charge in [-0.25, -0.2) is 4.39 Å². The average molecular weight is 277 g/mol. The zero-order chi connectivity index (χ0) is 14.4. The second-order valence-corrected chi connectivity index (χ2v) is 5.23. The number of benzene rings is 1. The highest BCUT2D eigenvalue weighted by molar-refractivity contribution is 5.96. The predicted molar refractivity (Wildman–Crippen MR) is 75.0 cm³/mol. The maximum atomic E-state index is 12.8. The molecule has 1 fully saturated rings. The Morgan fingerprint density at radius 2 is 1.90 bits per heavy atom. The van der Waals surface area contributed by atoms with E-state index in [4.69, 9.17) is 0 Å². The van der Waals surface area contributed by atoms with Crippen molar-refractivity contribution in [1.29, 1.82) is 0 Å². The lowest BCUT2D eigenvalue weighted by Gasteiger charge is -2.20. The summed E-state index contributed by atoms with van der Waals surface area (Å²) in [6, 6.07) is 5.61. The van der Waals surface area contributed by atoms with Crippen LogP contribution in [0.15, 0.2) is 24.3 Å². The number of carbonyl (C=O) groups excluding carboxylic acids is 2. The number of carbonyl (C=O) groups is 2. The third-order valence-electron chi connectivity index (χ3n) is 3.67. The lowest BCUT2D eigenvalue weighted by Crippen LogP contribution is -2.31. The Kier molecular flexibility index (Phi) is 5.27. The first-order valence-electron chi connectivity index (χ1n) is 7.23. The molecule has 1 heterocycles. The molecule has 0 atom stereocenters. The van der Waals surface area contributed by atoms with Crippen LogP contribution < -0.4 is 0 Å². The van der Waals surface area contributed by atoms with Gasteiger partial charge >= 0.3 is 0 Å². The van der Waals surface area contributed by atoms with Gasteiger partial charge in [-0.1, -0.05) is 6.42 Å². The van der Waals surface area contributed by atoms with Crippen LogP contribution >= 0.6 is 0 Å². The molecular formula is C16H20FNO2. The van der Waals surface area contributed by atoms with Crippen molar-refractivity contribution in [2.24, 2.45) is 0 Å². The first kappa shape index (κ1) is 14.7. The molecule has 1 aliphatic heterocycles. The van der Waals surface area contributed by atoms with Gasteiger partial charge in [-0.2, -0.15) is 0 Å². The molecule has 3 nitrogen and oxygen atoms in total. The van der Waals surface area contributed by atoms with E-state index in [2.05, 4.69) is 0 Å². The van der Waals surface area contributed by atoms with Gasteiger partial charge in [0.25, 0.3) is 0 Å². The largest absolute Gasteiger partial charge is 0.343 e. The van der Waals surface area contributed by atoms with Crippen molar-refractivity contribution in [3.63, 3.8) is 0 Å². The summed E-state index contributed by atoms with van der Waals surface area (Å²) in [7, 11) is 0. The average Bonchev–Trinajstić information content (AvgIpc) is 2.65. The topological polar surface area (TPSA) is 37.4 Å². The van der Waals surface area contributed by atoms with Crippen LogP contribution in [0.5, 0.6) is 0 Å². The number of amides is 1. The van der Waals surface area contributed by atoms with E-state index < -0.39 is 0 Å². The maximum Gasteiger partial charge on any atom is 0.222 e. The number of ketones is 1. The van der Waals surface area contributed by atoms with E-state index in [1.807, 2.05) is 4.90 Å². The molecule has 0 radical (unpaired) electrons. The SMILES string of the molecule is O=C(CCCN1CCCCCC1=O)c1ccc(F)cc1. The van der Waals surface area contributed by atoms with Crippen molar-refractivity contribution in [2.45, 2.75) is 38.5 Å². The molecule has 0 spiro atoms. The fourth-order valence-corrected chi connectivity index (χ4v) is 2.49. The predicted octanol–water partition coefficient (Wildman–Crippen LogP) is 3.19. The molecule has 0 bridgehead atoms. The van der Waals surface area contributed by atoms with E-state index in [1.54, 1.807) is 0 Å². The zero-order valence-electron chi connectivity index (χ0n) is 11.6. The van der Waals surface area contributed by atoms with Gasteiger partial charge in [0.1, 0.15) is 5.82 Å². The Bertz CT molecular complexity index is 470. The zero-order valence-corrected chi connectivity index (χ0v) is 11.6. The van der Waals surface area contributed by atoms with Gasteiger partial charge in [0.2, 0.25) is 5.91 Å². The van der Waals surface area contributed by atoms with E-state index >= 15 is 0 Å². The summed E-state index contributed by atoms with van der Waals surface area (Å²) >= 11 is 0. The maximum absolute atomic E-state index is 12.8. The highest BCUT2D eigenvalue weighted by Crippen LogP contribution is 2.13. The number of hydrogen-bond acceptors (Lipinski definition) is 2. The van der Waals surface area contributed by atoms with Crippen molar-refractivity contribution in [1.82, 2.24) is 4.90 Å². The summed E-state index contributed by atoms with van der Waals surface area (Å²) in [5.41, 5.74) is 0.536. The minimum Gasteiger partial charge on any atom is -0.343 e. The van der Waals surface area contributed by atoms with Crippen molar-refractivity contribution in [3.05, 3.63) is 35.6 Å². The molecule has 1 aliphatic rings. The molecule has 0 aromatic heterocycles. The van der Waals surface area contributed by atoms with Gasteiger partial charge in [-0.15, -0.1) is 0 Å². The van der Waals surface area contributed by atoms with Gasteiger partial charge in [-0.05, 0) is 43.5 Å². The summed E-state index contributed by atoms with van der Waals surface area (Å²) in [5.74, 6) is -0.124.